The molecule has 0 aliphatic carbocycles. The van der Waals surface area contributed by atoms with E-state index in [-0.39, 0.29) is 26.4 Å². The Bertz CT molecular complexity index is 1430. The van der Waals surface area contributed by atoms with E-state index in [1.54, 1.807) is 30.3 Å². The van der Waals surface area contributed by atoms with Gasteiger partial charge in [0.25, 0.3) is 11.8 Å². The van der Waals surface area contributed by atoms with Crippen LogP contribution in [-0.2, 0) is 16.2 Å². The molecule has 6 nitrogen and oxygen atoms in total. The number of carbonyl (C=O) groups is 2. The summed E-state index contributed by atoms with van der Waals surface area (Å²) in [5.41, 5.74) is 1.64. The average molecular weight is 685 g/mol. The lowest BCUT2D eigenvalue weighted by molar-refractivity contribution is -0.122. The molecular formula is C26H18Br2Cl2N2O4S. The number of nitrogens with one attached hydrogen (secondary N) is 1. The summed E-state index contributed by atoms with van der Waals surface area (Å²) in [5.74, 6) is -0.314. The van der Waals surface area contributed by atoms with Gasteiger partial charge in [0.05, 0.1) is 26.8 Å². The van der Waals surface area contributed by atoms with Gasteiger partial charge in [-0.25, -0.2) is 0 Å². The molecule has 0 radical (unpaired) electrons. The number of carbonyl (C=O) groups excluding carboxylic acids is 2. The van der Waals surface area contributed by atoms with E-state index in [4.69, 9.17) is 44.9 Å². The Labute approximate surface area is 245 Å². The van der Waals surface area contributed by atoms with Crippen molar-refractivity contribution in [2.24, 2.45) is 0 Å². The topological polar surface area (TPSA) is 67.9 Å². The minimum absolute atomic E-state index is 0.0933. The van der Waals surface area contributed by atoms with Crippen molar-refractivity contribution in [2.75, 3.05) is 11.5 Å². The molecule has 0 aromatic heterocycles. The number of anilines is 1. The molecule has 2 amide bonds. The van der Waals surface area contributed by atoms with E-state index in [1.807, 2.05) is 31.2 Å². The van der Waals surface area contributed by atoms with Gasteiger partial charge in [-0.3, -0.25) is 19.8 Å². The molecule has 0 spiro atoms. The third kappa shape index (κ3) is 6.18. The maximum atomic E-state index is 13.4. The molecule has 190 valence electrons. The van der Waals surface area contributed by atoms with Gasteiger partial charge < -0.3 is 9.47 Å². The molecule has 1 fully saturated rings. The first-order chi connectivity index (χ1) is 17.7. The second-order valence-electron chi connectivity index (χ2n) is 7.71. The molecule has 1 aliphatic rings. The van der Waals surface area contributed by atoms with Crippen LogP contribution in [0.1, 0.15) is 18.1 Å². The standard InChI is InChI=1S/C26H18Br2Cl2N2O4S/c1-2-35-21-12-15(11-18(28)23(21)36-13-14-6-8-16(27)9-7-14)10-17-24(33)31-26(37)32(25(17)34)20-5-3-4-19(29)22(20)30/h3-12H,2,13H2,1H3,(H,31,33,37)/b17-10+. The number of hydrogen-bond acceptors (Lipinski definition) is 5. The van der Waals surface area contributed by atoms with Gasteiger partial charge in [0.2, 0.25) is 0 Å². The lowest BCUT2D eigenvalue weighted by atomic mass is 10.1. The summed E-state index contributed by atoms with van der Waals surface area (Å²) in [6.07, 6.45) is 1.46. The molecule has 4 rings (SSSR count). The van der Waals surface area contributed by atoms with E-state index in [0.717, 1.165) is 14.9 Å². The highest BCUT2D eigenvalue weighted by molar-refractivity contribution is 9.10. The molecule has 1 N–H and O–H groups in total. The van der Waals surface area contributed by atoms with Crippen molar-refractivity contribution in [1.29, 1.82) is 0 Å². The molecule has 0 atom stereocenters. The number of nitrogens with zero attached hydrogens (tertiary/aromatic N) is 1. The van der Waals surface area contributed by atoms with Crippen molar-refractivity contribution < 1.29 is 19.1 Å². The minimum atomic E-state index is -0.637. The Morgan fingerprint density at radius 2 is 1.78 bits per heavy atom. The number of amides is 2. The van der Waals surface area contributed by atoms with Crippen LogP contribution in [0.2, 0.25) is 10.0 Å². The second-order valence-corrected chi connectivity index (χ2v) is 10.7. The van der Waals surface area contributed by atoms with Crippen molar-refractivity contribution in [1.82, 2.24) is 5.32 Å². The predicted molar refractivity (Wildman–Crippen MR) is 156 cm³/mol. The van der Waals surface area contributed by atoms with E-state index >= 15 is 0 Å². The maximum absolute atomic E-state index is 13.4. The highest BCUT2D eigenvalue weighted by atomic mass is 79.9. The second kappa shape index (κ2) is 12.0. The van der Waals surface area contributed by atoms with Gasteiger partial charge in [0, 0.05) is 4.47 Å². The SMILES string of the molecule is CCOc1cc(/C=C2\C(=O)NC(=S)N(c3cccc(Cl)c3Cl)C2=O)cc(Br)c1OCc1ccc(Br)cc1. The summed E-state index contributed by atoms with van der Waals surface area (Å²) in [5, 5.41) is 2.84. The smallest absolute Gasteiger partial charge is 0.270 e. The van der Waals surface area contributed by atoms with E-state index in [1.165, 1.54) is 6.08 Å². The third-order valence-electron chi connectivity index (χ3n) is 5.21. The van der Waals surface area contributed by atoms with E-state index in [2.05, 4.69) is 37.2 Å². The fourth-order valence-corrected chi connectivity index (χ4v) is 5.01. The van der Waals surface area contributed by atoms with Crippen LogP contribution in [0.25, 0.3) is 6.08 Å². The molecule has 1 aliphatic heterocycles. The highest BCUT2D eigenvalue weighted by Crippen LogP contribution is 2.39. The number of rotatable bonds is 7. The molecule has 0 saturated carbocycles. The molecule has 3 aromatic carbocycles. The lowest BCUT2D eigenvalue weighted by Crippen LogP contribution is -2.54. The normalized spacial score (nSPS) is 14.7. The summed E-state index contributed by atoms with van der Waals surface area (Å²) < 4.78 is 13.4. The molecule has 1 saturated heterocycles. The molecule has 0 unspecified atom stereocenters. The number of ether oxygens (including phenoxy) is 2. The number of hydrogen-bond donors (Lipinski definition) is 1. The molecule has 0 bridgehead atoms. The molecule has 3 aromatic rings. The first-order valence-corrected chi connectivity index (χ1v) is 13.6. The zero-order chi connectivity index (χ0) is 26.7. The van der Waals surface area contributed by atoms with Crippen molar-refractivity contribution in [3.63, 3.8) is 0 Å². The lowest BCUT2D eigenvalue weighted by Gasteiger charge is -2.29. The van der Waals surface area contributed by atoms with Crippen LogP contribution in [0.15, 0.2) is 69.1 Å². The molecule has 1 heterocycles. The van der Waals surface area contributed by atoms with Crippen molar-refractivity contribution >= 4 is 96.0 Å². The summed E-state index contributed by atoms with van der Waals surface area (Å²) in [6, 6.07) is 16.0. The monoisotopic (exact) mass is 682 g/mol. The highest BCUT2D eigenvalue weighted by Gasteiger charge is 2.35. The van der Waals surface area contributed by atoms with Crippen LogP contribution in [0, 0.1) is 0 Å². The number of halogens is 4. The zero-order valence-corrected chi connectivity index (χ0v) is 24.7. The Morgan fingerprint density at radius 1 is 1.05 bits per heavy atom. The van der Waals surface area contributed by atoms with Crippen LogP contribution in [-0.4, -0.2) is 23.5 Å². The fourth-order valence-electron chi connectivity index (χ4n) is 3.52. The Hall–Kier alpha value is -2.43. The largest absolute Gasteiger partial charge is 0.490 e. The number of thiocarbonyl (C=S) groups is 1. The summed E-state index contributed by atoms with van der Waals surface area (Å²) in [7, 11) is 0. The van der Waals surface area contributed by atoms with Crippen LogP contribution < -0.4 is 19.7 Å². The van der Waals surface area contributed by atoms with Gasteiger partial charge in [-0.05, 0) is 88.7 Å². The van der Waals surface area contributed by atoms with Crippen LogP contribution >= 0.6 is 67.3 Å². The van der Waals surface area contributed by atoms with Crippen molar-refractivity contribution in [3.05, 3.63) is 90.3 Å². The van der Waals surface area contributed by atoms with Gasteiger partial charge >= 0.3 is 0 Å². The zero-order valence-electron chi connectivity index (χ0n) is 19.2. The summed E-state index contributed by atoms with van der Waals surface area (Å²) in [4.78, 5) is 27.3. The van der Waals surface area contributed by atoms with E-state index in [9.17, 15) is 9.59 Å². The molecule has 11 heteroatoms. The van der Waals surface area contributed by atoms with Gasteiger partial charge in [0.1, 0.15) is 12.2 Å². The predicted octanol–water partition coefficient (Wildman–Crippen LogP) is 7.33. The van der Waals surface area contributed by atoms with E-state index in [0.29, 0.717) is 34.7 Å². The maximum Gasteiger partial charge on any atom is 0.270 e. The van der Waals surface area contributed by atoms with Crippen LogP contribution in [0.3, 0.4) is 0 Å². The van der Waals surface area contributed by atoms with Crippen molar-refractivity contribution in [2.45, 2.75) is 13.5 Å². The van der Waals surface area contributed by atoms with E-state index < -0.39 is 11.8 Å². The third-order valence-corrected chi connectivity index (χ3v) is 7.42. The summed E-state index contributed by atoms with van der Waals surface area (Å²) in [6.45, 7) is 2.55. The van der Waals surface area contributed by atoms with Crippen molar-refractivity contribution in [3.8, 4) is 11.5 Å². The minimum Gasteiger partial charge on any atom is -0.490 e. The Balaban J connectivity index is 1.67. The molecular weight excluding hydrogens is 667 g/mol. The Morgan fingerprint density at radius 3 is 2.49 bits per heavy atom. The fraction of sp³-hybridized carbons (Fsp3) is 0.115. The summed E-state index contributed by atoms with van der Waals surface area (Å²) >= 11 is 24.7. The van der Waals surface area contributed by atoms with Gasteiger partial charge in [-0.1, -0.05) is 57.3 Å². The molecule has 37 heavy (non-hydrogen) atoms. The average Bonchev–Trinajstić information content (AvgIpc) is 2.85. The van der Waals surface area contributed by atoms with Gasteiger partial charge in [-0.15, -0.1) is 0 Å². The first kappa shape index (κ1) is 27.6. The quantitative estimate of drug-likeness (QED) is 0.160. The van der Waals surface area contributed by atoms with Gasteiger partial charge in [-0.2, -0.15) is 0 Å². The Kier molecular flexibility index (Phi) is 8.92. The van der Waals surface area contributed by atoms with Crippen LogP contribution in [0.4, 0.5) is 5.69 Å². The first-order valence-electron chi connectivity index (χ1n) is 10.9. The van der Waals surface area contributed by atoms with Crippen LogP contribution in [0.5, 0.6) is 11.5 Å². The van der Waals surface area contributed by atoms with Gasteiger partial charge in [0.15, 0.2) is 16.6 Å². The number of benzene rings is 3.